The van der Waals surface area contributed by atoms with Crippen molar-refractivity contribution in [2.45, 2.75) is 38.1 Å². The Morgan fingerprint density at radius 1 is 1.63 bits per heavy atom. The van der Waals surface area contributed by atoms with Crippen LogP contribution in [0.25, 0.3) is 0 Å². The molecule has 4 N–H and O–H groups in total. The molecule has 0 radical (unpaired) electrons. The topological polar surface area (TPSA) is 114 Å². The zero-order chi connectivity index (χ0) is 13.9. The number of amidine groups is 1. The Hall–Kier alpha value is -2.05. The molecule has 0 spiro atoms. The summed E-state index contributed by atoms with van der Waals surface area (Å²) in [6.45, 7) is 2.15. The Balaban J connectivity index is 2.17. The number of nitrogens with zero attached hydrogens (tertiary/aromatic N) is 2. The summed E-state index contributed by atoms with van der Waals surface area (Å²) in [5.41, 5.74) is 5.16. The summed E-state index contributed by atoms with van der Waals surface area (Å²) >= 11 is 0. The van der Waals surface area contributed by atoms with E-state index in [2.05, 4.69) is 27.1 Å². The predicted molar refractivity (Wildman–Crippen MR) is 67.7 cm³/mol. The van der Waals surface area contributed by atoms with Gasteiger partial charge in [0.15, 0.2) is 11.5 Å². The minimum absolute atomic E-state index is 0.0382. The molecule has 0 atom stereocenters. The largest absolute Gasteiger partial charge is 0.409 e. The lowest BCUT2D eigenvalue weighted by molar-refractivity contribution is 0.0888. The second kappa shape index (κ2) is 5.29. The number of hydrogen-bond donors (Lipinski definition) is 3. The summed E-state index contributed by atoms with van der Waals surface area (Å²) < 4.78 is 4.64. The van der Waals surface area contributed by atoms with E-state index in [4.69, 9.17) is 10.9 Å². The second-order valence-electron chi connectivity index (χ2n) is 5.09. The van der Waals surface area contributed by atoms with Gasteiger partial charge in [-0.15, -0.1) is 0 Å². The van der Waals surface area contributed by atoms with Crippen molar-refractivity contribution in [3.05, 3.63) is 18.0 Å². The van der Waals surface area contributed by atoms with Gasteiger partial charge < -0.3 is 20.8 Å². The Kier molecular flexibility index (Phi) is 3.73. The molecule has 104 valence electrons. The van der Waals surface area contributed by atoms with E-state index in [9.17, 15) is 4.79 Å². The highest BCUT2D eigenvalue weighted by molar-refractivity contribution is 5.99. The molecule has 19 heavy (non-hydrogen) atoms. The number of rotatable bonds is 3. The fraction of sp³-hybridized carbons (Fsp3) is 0.583. The van der Waals surface area contributed by atoms with Crippen LogP contribution in [0.2, 0.25) is 0 Å². The van der Waals surface area contributed by atoms with Crippen molar-refractivity contribution in [3.8, 4) is 0 Å². The molecule has 0 bridgehead atoms. The molecule has 0 unspecified atom stereocenters. The fourth-order valence-electron chi connectivity index (χ4n) is 2.41. The Morgan fingerprint density at radius 3 is 2.84 bits per heavy atom. The molecule has 1 aliphatic rings. The normalized spacial score (nSPS) is 28.1. The van der Waals surface area contributed by atoms with Gasteiger partial charge in [0.05, 0.1) is 0 Å². The number of hydrogen-bond acceptors (Lipinski definition) is 5. The van der Waals surface area contributed by atoms with Crippen LogP contribution in [0, 0.1) is 5.92 Å². The number of carbonyl (C=O) groups excluding carboxylic acids is 1. The first-order chi connectivity index (χ1) is 9.07. The monoisotopic (exact) mass is 266 g/mol. The first-order valence-electron chi connectivity index (χ1n) is 6.28. The third-order valence-corrected chi connectivity index (χ3v) is 3.75. The minimum atomic E-state index is -0.794. The fourth-order valence-corrected chi connectivity index (χ4v) is 2.41. The molecule has 0 saturated heterocycles. The van der Waals surface area contributed by atoms with Gasteiger partial charge in [0.2, 0.25) is 0 Å². The van der Waals surface area contributed by atoms with E-state index < -0.39 is 5.54 Å². The van der Waals surface area contributed by atoms with Crippen molar-refractivity contribution in [3.63, 3.8) is 0 Å². The van der Waals surface area contributed by atoms with Crippen molar-refractivity contribution in [1.82, 2.24) is 10.5 Å². The molecular formula is C12H18N4O3. The highest BCUT2D eigenvalue weighted by Gasteiger charge is 2.40. The molecule has 7 nitrogen and oxygen atoms in total. The highest BCUT2D eigenvalue weighted by Crippen LogP contribution is 2.32. The van der Waals surface area contributed by atoms with E-state index in [1.807, 2.05) is 0 Å². The first kappa shape index (κ1) is 13.4. The van der Waals surface area contributed by atoms with E-state index in [1.54, 1.807) is 0 Å². The lowest BCUT2D eigenvalue weighted by Crippen LogP contribution is -2.59. The molecule has 1 aliphatic carbocycles. The SMILES string of the molecule is CC1CCC(NC(=O)c2ccon2)(C(N)=NO)CC1. The molecule has 1 fully saturated rings. The molecule has 2 rings (SSSR count). The van der Waals surface area contributed by atoms with Crippen molar-refractivity contribution >= 4 is 11.7 Å². The molecular weight excluding hydrogens is 248 g/mol. The zero-order valence-electron chi connectivity index (χ0n) is 10.8. The van der Waals surface area contributed by atoms with E-state index in [0.717, 1.165) is 12.8 Å². The predicted octanol–water partition coefficient (Wildman–Crippen LogP) is 1.10. The molecule has 0 aliphatic heterocycles. The molecule has 1 saturated carbocycles. The number of nitrogens with one attached hydrogen (secondary N) is 1. The van der Waals surface area contributed by atoms with Crippen molar-refractivity contribution in [2.75, 3.05) is 0 Å². The maximum atomic E-state index is 12.1. The Bertz CT molecular complexity index is 461. The van der Waals surface area contributed by atoms with Crippen LogP contribution in [-0.4, -0.2) is 27.6 Å². The van der Waals surface area contributed by atoms with E-state index in [-0.39, 0.29) is 17.4 Å². The summed E-state index contributed by atoms with van der Waals surface area (Å²) in [5.74, 6) is 0.231. The van der Waals surface area contributed by atoms with Gasteiger partial charge in [0, 0.05) is 6.07 Å². The quantitative estimate of drug-likeness (QED) is 0.328. The van der Waals surface area contributed by atoms with Crippen LogP contribution in [0.5, 0.6) is 0 Å². The minimum Gasteiger partial charge on any atom is -0.409 e. The van der Waals surface area contributed by atoms with Crippen molar-refractivity contribution < 1.29 is 14.5 Å². The highest BCUT2D eigenvalue weighted by atomic mass is 16.5. The summed E-state index contributed by atoms with van der Waals surface area (Å²) in [7, 11) is 0. The van der Waals surface area contributed by atoms with Crippen LogP contribution in [0.1, 0.15) is 43.1 Å². The summed E-state index contributed by atoms with van der Waals surface area (Å²) in [6, 6.07) is 1.47. The lowest BCUT2D eigenvalue weighted by Gasteiger charge is -2.38. The van der Waals surface area contributed by atoms with Gasteiger partial charge in [0.25, 0.3) is 5.91 Å². The molecule has 1 amide bonds. The molecule has 7 heteroatoms. The van der Waals surface area contributed by atoms with Crippen LogP contribution >= 0.6 is 0 Å². The third-order valence-electron chi connectivity index (χ3n) is 3.75. The van der Waals surface area contributed by atoms with E-state index in [0.29, 0.717) is 18.8 Å². The standard InChI is InChI=1S/C12H18N4O3/c1-8-2-5-12(6-3-8,11(13)15-18)14-10(17)9-4-7-19-16-9/h4,7-8,18H,2-3,5-6H2,1H3,(H2,13,15)(H,14,17). The molecule has 1 aromatic heterocycles. The summed E-state index contributed by atoms with van der Waals surface area (Å²) in [6.07, 6.45) is 4.44. The van der Waals surface area contributed by atoms with Gasteiger partial charge in [-0.05, 0) is 31.6 Å². The number of nitrogens with two attached hydrogens (primary N) is 1. The van der Waals surface area contributed by atoms with Crippen molar-refractivity contribution in [1.29, 1.82) is 0 Å². The number of aromatic nitrogens is 1. The van der Waals surface area contributed by atoms with Gasteiger partial charge in [-0.3, -0.25) is 4.79 Å². The number of amides is 1. The van der Waals surface area contributed by atoms with Crippen LogP contribution in [0.15, 0.2) is 22.0 Å². The number of carbonyl (C=O) groups is 1. The van der Waals surface area contributed by atoms with Gasteiger partial charge in [-0.25, -0.2) is 0 Å². The zero-order valence-corrected chi connectivity index (χ0v) is 10.8. The smallest absolute Gasteiger partial charge is 0.274 e. The van der Waals surface area contributed by atoms with E-state index in [1.165, 1.54) is 12.3 Å². The van der Waals surface area contributed by atoms with Crippen molar-refractivity contribution in [2.24, 2.45) is 16.8 Å². The maximum absolute atomic E-state index is 12.1. The Labute approximate surface area is 110 Å². The lowest BCUT2D eigenvalue weighted by atomic mass is 9.76. The van der Waals surface area contributed by atoms with Gasteiger partial charge in [0.1, 0.15) is 11.8 Å². The van der Waals surface area contributed by atoms with Crippen LogP contribution < -0.4 is 11.1 Å². The van der Waals surface area contributed by atoms with E-state index >= 15 is 0 Å². The molecule has 0 aromatic carbocycles. The van der Waals surface area contributed by atoms with Crippen LogP contribution in [-0.2, 0) is 0 Å². The summed E-state index contributed by atoms with van der Waals surface area (Å²) in [4.78, 5) is 12.1. The Morgan fingerprint density at radius 2 is 2.32 bits per heavy atom. The molecule has 1 aromatic rings. The second-order valence-corrected chi connectivity index (χ2v) is 5.09. The maximum Gasteiger partial charge on any atom is 0.274 e. The van der Waals surface area contributed by atoms with Gasteiger partial charge >= 0.3 is 0 Å². The number of oxime groups is 1. The average Bonchev–Trinajstić information content (AvgIpc) is 2.95. The van der Waals surface area contributed by atoms with Crippen LogP contribution in [0.4, 0.5) is 0 Å². The summed E-state index contributed by atoms with van der Waals surface area (Å²) in [5, 5.41) is 18.4. The third kappa shape index (κ3) is 2.69. The van der Waals surface area contributed by atoms with Crippen LogP contribution in [0.3, 0.4) is 0 Å². The van der Waals surface area contributed by atoms with Gasteiger partial charge in [-0.1, -0.05) is 17.2 Å². The van der Waals surface area contributed by atoms with Gasteiger partial charge in [-0.2, -0.15) is 0 Å². The first-order valence-corrected chi connectivity index (χ1v) is 6.28. The average molecular weight is 266 g/mol. The molecule has 1 heterocycles.